The molecule has 30 heavy (non-hydrogen) atoms. The van der Waals surface area contributed by atoms with Gasteiger partial charge < -0.3 is 4.74 Å². The molecular formula is C22H18ClN3O3S. The SMILES string of the molecule is CCOC(=O)C1=C(C)N=c2sc(=Cc3ccncc3)c(=O)n2C1c1ccccc1Cl. The molecule has 1 aromatic carbocycles. The van der Waals surface area contributed by atoms with Gasteiger partial charge in [-0.2, -0.15) is 0 Å². The first-order valence-electron chi connectivity index (χ1n) is 9.35. The highest BCUT2D eigenvalue weighted by Gasteiger charge is 2.34. The van der Waals surface area contributed by atoms with Gasteiger partial charge in [-0.05, 0) is 49.2 Å². The van der Waals surface area contributed by atoms with Gasteiger partial charge in [0.2, 0.25) is 0 Å². The highest BCUT2D eigenvalue weighted by atomic mass is 35.5. The zero-order valence-electron chi connectivity index (χ0n) is 16.3. The van der Waals surface area contributed by atoms with Crippen LogP contribution in [0.5, 0.6) is 0 Å². The summed E-state index contributed by atoms with van der Waals surface area (Å²) in [5.41, 5.74) is 2.08. The summed E-state index contributed by atoms with van der Waals surface area (Å²) in [4.78, 5) is 35.3. The molecule has 0 N–H and O–H groups in total. The molecule has 1 aliphatic heterocycles. The highest BCUT2D eigenvalue weighted by molar-refractivity contribution is 7.07. The number of hydrogen-bond donors (Lipinski definition) is 0. The van der Waals surface area contributed by atoms with Crippen molar-refractivity contribution >= 4 is 35.0 Å². The number of halogens is 1. The topological polar surface area (TPSA) is 73.6 Å². The van der Waals surface area contributed by atoms with Crippen molar-refractivity contribution in [3.05, 3.63) is 95.9 Å². The van der Waals surface area contributed by atoms with Gasteiger partial charge in [0.15, 0.2) is 4.80 Å². The van der Waals surface area contributed by atoms with E-state index in [9.17, 15) is 9.59 Å². The van der Waals surface area contributed by atoms with Gasteiger partial charge in [0.25, 0.3) is 5.56 Å². The van der Waals surface area contributed by atoms with Crippen molar-refractivity contribution < 1.29 is 9.53 Å². The van der Waals surface area contributed by atoms with Crippen molar-refractivity contribution in [2.75, 3.05) is 6.61 Å². The minimum Gasteiger partial charge on any atom is -0.463 e. The van der Waals surface area contributed by atoms with Crippen LogP contribution in [-0.2, 0) is 9.53 Å². The third-order valence-electron chi connectivity index (χ3n) is 4.72. The van der Waals surface area contributed by atoms with Gasteiger partial charge in [0.1, 0.15) is 6.04 Å². The maximum Gasteiger partial charge on any atom is 0.338 e. The summed E-state index contributed by atoms with van der Waals surface area (Å²) < 4.78 is 7.31. The third kappa shape index (κ3) is 3.62. The van der Waals surface area contributed by atoms with Gasteiger partial charge in [-0.1, -0.05) is 41.1 Å². The number of carbonyl (C=O) groups excluding carboxylic acids is 1. The number of carbonyl (C=O) groups is 1. The zero-order valence-corrected chi connectivity index (χ0v) is 17.9. The van der Waals surface area contributed by atoms with Crippen molar-refractivity contribution in [1.82, 2.24) is 9.55 Å². The number of aromatic nitrogens is 2. The minimum atomic E-state index is -0.714. The second kappa shape index (κ2) is 8.38. The van der Waals surface area contributed by atoms with Crippen LogP contribution in [0.1, 0.15) is 31.0 Å². The molecule has 0 fully saturated rings. The van der Waals surface area contributed by atoms with Crippen molar-refractivity contribution in [2.24, 2.45) is 4.99 Å². The number of ether oxygens (including phenoxy) is 1. The second-order valence-corrected chi connectivity index (χ2v) is 8.02. The Balaban J connectivity index is 1.99. The van der Waals surface area contributed by atoms with E-state index in [1.165, 1.54) is 15.9 Å². The van der Waals surface area contributed by atoms with Crippen LogP contribution >= 0.6 is 22.9 Å². The number of rotatable bonds is 4. The van der Waals surface area contributed by atoms with E-state index in [-0.39, 0.29) is 12.2 Å². The quantitative estimate of drug-likeness (QED) is 0.586. The number of benzene rings is 1. The first-order chi connectivity index (χ1) is 14.5. The Morgan fingerprint density at radius 3 is 2.70 bits per heavy atom. The lowest BCUT2D eigenvalue weighted by molar-refractivity contribution is -0.139. The summed E-state index contributed by atoms with van der Waals surface area (Å²) >= 11 is 7.75. The molecule has 1 aliphatic rings. The van der Waals surface area contributed by atoms with Gasteiger partial charge in [0.05, 0.1) is 22.4 Å². The number of nitrogens with zero attached hydrogens (tertiary/aromatic N) is 3. The van der Waals surface area contributed by atoms with E-state index in [0.717, 1.165) is 5.56 Å². The zero-order chi connectivity index (χ0) is 21.3. The summed E-state index contributed by atoms with van der Waals surface area (Å²) in [6.07, 6.45) is 5.12. The third-order valence-corrected chi connectivity index (χ3v) is 6.05. The van der Waals surface area contributed by atoms with Crippen LogP contribution in [0.15, 0.2) is 69.8 Å². The van der Waals surface area contributed by atoms with E-state index in [2.05, 4.69) is 9.98 Å². The molecule has 0 bridgehead atoms. The fourth-order valence-electron chi connectivity index (χ4n) is 3.39. The molecule has 1 unspecified atom stereocenters. The molecule has 0 saturated heterocycles. The van der Waals surface area contributed by atoms with Crippen molar-refractivity contribution in [3.8, 4) is 0 Å². The standard InChI is InChI=1S/C22H18ClN3O3S/c1-3-29-21(28)18-13(2)25-22-26(19(18)15-6-4-5-7-16(15)23)20(27)17(30-22)12-14-8-10-24-11-9-14/h4-12,19H,3H2,1-2H3. The molecule has 4 rings (SSSR count). The summed E-state index contributed by atoms with van der Waals surface area (Å²) in [7, 11) is 0. The summed E-state index contributed by atoms with van der Waals surface area (Å²) in [6, 6.07) is 10.1. The molecule has 0 saturated carbocycles. The van der Waals surface area contributed by atoms with Crippen molar-refractivity contribution in [3.63, 3.8) is 0 Å². The Kier molecular flexibility index (Phi) is 5.65. The number of hydrogen-bond acceptors (Lipinski definition) is 6. The smallest absolute Gasteiger partial charge is 0.338 e. The molecule has 0 radical (unpaired) electrons. The van der Waals surface area contributed by atoms with E-state index in [4.69, 9.17) is 16.3 Å². The number of allylic oxidation sites excluding steroid dienone is 1. The Labute approximate surface area is 181 Å². The normalized spacial score (nSPS) is 16.2. The van der Waals surface area contributed by atoms with Gasteiger partial charge in [0, 0.05) is 17.4 Å². The molecule has 152 valence electrons. The van der Waals surface area contributed by atoms with Crippen LogP contribution < -0.4 is 14.9 Å². The molecular weight excluding hydrogens is 422 g/mol. The number of fused-ring (bicyclic) bond motifs is 1. The average molecular weight is 440 g/mol. The molecule has 0 aliphatic carbocycles. The summed E-state index contributed by atoms with van der Waals surface area (Å²) in [5, 5.41) is 0.461. The highest BCUT2D eigenvalue weighted by Crippen LogP contribution is 2.34. The molecule has 3 aromatic rings. The van der Waals surface area contributed by atoms with Gasteiger partial charge in [-0.15, -0.1) is 0 Å². The second-order valence-electron chi connectivity index (χ2n) is 6.60. The molecule has 1 atom stereocenters. The van der Waals surface area contributed by atoms with Crippen molar-refractivity contribution in [2.45, 2.75) is 19.9 Å². The van der Waals surface area contributed by atoms with E-state index in [1.54, 1.807) is 44.4 Å². The minimum absolute atomic E-state index is 0.220. The molecule has 3 heterocycles. The monoisotopic (exact) mass is 439 g/mol. The lowest BCUT2D eigenvalue weighted by atomic mass is 9.96. The Bertz CT molecular complexity index is 1330. The van der Waals surface area contributed by atoms with Crippen LogP contribution in [0.2, 0.25) is 5.02 Å². The van der Waals surface area contributed by atoms with E-state index in [0.29, 0.717) is 31.2 Å². The van der Waals surface area contributed by atoms with Crippen LogP contribution in [0.4, 0.5) is 0 Å². The van der Waals surface area contributed by atoms with E-state index >= 15 is 0 Å². The van der Waals surface area contributed by atoms with Gasteiger partial charge in [-0.25, -0.2) is 9.79 Å². The number of thiazole rings is 1. The largest absolute Gasteiger partial charge is 0.463 e. The first-order valence-corrected chi connectivity index (χ1v) is 10.5. The Hall–Kier alpha value is -3.03. The summed E-state index contributed by atoms with van der Waals surface area (Å²) in [5.74, 6) is -0.507. The molecule has 2 aromatic heterocycles. The Morgan fingerprint density at radius 1 is 1.27 bits per heavy atom. The maximum absolute atomic E-state index is 13.4. The van der Waals surface area contributed by atoms with E-state index in [1.807, 2.05) is 24.3 Å². The van der Waals surface area contributed by atoms with E-state index < -0.39 is 12.0 Å². The fraction of sp³-hybridized carbons (Fsp3) is 0.182. The molecule has 6 nitrogen and oxygen atoms in total. The lowest BCUT2D eigenvalue weighted by Gasteiger charge is -2.25. The predicted octanol–water partition coefficient (Wildman–Crippen LogP) is 2.85. The number of esters is 1. The molecule has 0 amide bonds. The van der Waals surface area contributed by atoms with Gasteiger partial charge >= 0.3 is 5.97 Å². The van der Waals surface area contributed by atoms with Crippen molar-refractivity contribution in [1.29, 1.82) is 0 Å². The Morgan fingerprint density at radius 2 is 2.00 bits per heavy atom. The van der Waals surface area contributed by atoms with Crippen LogP contribution in [-0.4, -0.2) is 22.1 Å². The van der Waals surface area contributed by atoms with Crippen LogP contribution in [0, 0.1) is 0 Å². The van der Waals surface area contributed by atoms with Gasteiger partial charge in [-0.3, -0.25) is 14.3 Å². The fourth-order valence-corrected chi connectivity index (χ4v) is 4.68. The predicted molar refractivity (Wildman–Crippen MR) is 116 cm³/mol. The van der Waals surface area contributed by atoms with Crippen LogP contribution in [0.25, 0.3) is 6.08 Å². The lowest BCUT2D eigenvalue weighted by Crippen LogP contribution is -2.40. The summed E-state index contributed by atoms with van der Waals surface area (Å²) in [6.45, 7) is 3.70. The number of pyridine rings is 1. The maximum atomic E-state index is 13.4. The average Bonchev–Trinajstić information content (AvgIpc) is 3.03. The molecule has 0 spiro atoms. The van der Waals surface area contributed by atoms with Crippen LogP contribution in [0.3, 0.4) is 0 Å². The first kappa shape index (κ1) is 20.3. The molecule has 8 heteroatoms.